The molecule has 1 fully saturated rings. The molecule has 9 heteroatoms. The number of carbonyl (C=O) groups excluding carboxylic acids is 1. The summed E-state index contributed by atoms with van der Waals surface area (Å²) >= 11 is 0. The zero-order valence-electron chi connectivity index (χ0n) is 9.04. The second-order valence-electron chi connectivity index (χ2n) is 3.71. The van der Waals surface area contributed by atoms with Crippen LogP contribution in [0.25, 0.3) is 0 Å². The van der Waals surface area contributed by atoms with Crippen LogP contribution in [0.4, 0.5) is 0 Å². The van der Waals surface area contributed by atoms with E-state index in [4.69, 9.17) is 5.14 Å². The minimum absolute atomic E-state index is 0.184. The van der Waals surface area contributed by atoms with Crippen molar-refractivity contribution < 1.29 is 13.2 Å². The summed E-state index contributed by atoms with van der Waals surface area (Å²) in [5, 5.41) is 11.3. The predicted octanol–water partition coefficient (Wildman–Crippen LogP) is -1.63. The van der Waals surface area contributed by atoms with Gasteiger partial charge in [0.2, 0.25) is 0 Å². The summed E-state index contributed by atoms with van der Waals surface area (Å²) in [6, 6.07) is 1.58. The molecular weight excluding hydrogens is 246 g/mol. The molecule has 1 aliphatic rings. The quantitative estimate of drug-likeness (QED) is 0.664. The summed E-state index contributed by atoms with van der Waals surface area (Å²) in [5.41, 5.74) is 0.397. The van der Waals surface area contributed by atoms with Crippen LogP contribution in [-0.2, 0) is 10.2 Å². The Balaban J connectivity index is 1.98. The number of nitrogens with two attached hydrogens (primary N) is 1. The third kappa shape index (κ3) is 2.62. The molecule has 0 spiro atoms. The molecule has 94 valence electrons. The Morgan fingerprint density at radius 1 is 1.35 bits per heavy atom. The maximum atomic E-state index is 11.9. The molecule has 1 amide bonds. The van der Waals surface area contributed by atoms with E-state index in [9.17, 15) is 13.2 Å². The lowest BCUT2D eigenvalue weighted by Crippen LogP contribution is -2.52. The molecule has 1 aliphatic heterocycles. The number of H-pyrrole nitrogens is 1. The van der Waals surface area contributed by atoms with Crippen molar-refractivity contribution in [3.63, 3.8) is 0 Å². The molecule has 1 aromatic rings. The number of rotatable bonds is 2. The lowest BCUT2D eigenvalue weighted by molar-refractivity contribution is 0.0692. The van der Waals surface area contributed by atoms with Crippen molar-refractivity contribution in [3.05, 3.63) is 18.0 Å². The van der Waals surface area contributed by atoms with E-state index >= 15 is 0 Å². The first-order valence-electron chi connectivity index (χ1n) is 5.05. The highest BCUT2D eigenvalue weighted by atomic mass is 32.2. The van der Waals surface area contributed by atoms with Crippen LogP contribution in [-0.4, -0.2) is 59.9 Å². The van der Waals surface area contributed by atoms with Gasteiger partial charge in [-0.15, -0.1) is 0 Å². The fourth-order valence-electron chi connectivity index (χ4n) is 1.69. The summed E-state index contributed by atoms with van der Waals surface area (Å²) in [6.45, 7) is 1.10. The Labute approximate surface area is 98.6 Å². The van der Waals surface area contributed by atoms with E-state index in [1.807, 2.05) is 0 Å². The molecule has 0 aliphatic carbocycles. The Morgan fingerprint density at radius 3 is 2.47 bits per heavy atom. The number of piperazine rings is 1. The van der Waals surface area contributed by atoms with Gasteiger partial charge in [-0.3, -0.25) is 9.89 Å². The molecular formula is C8H13N5O3S. The number of hydrogen-bond acceptors (Lipinski definition) is 4. The van der Waals surface area contributed by atoms with E-state index in [1.54, 1.807) is 11.0 Å². The molecule has 0 radical (unpaired) electrons. The maximum Gasteiger partial charge on any atom is 0.277 e. The van der Waals surface area contributed by atoms with Crippen LogP contribution >= 0.6 is 0 Å². The molecule has 0 bridgehead atoms. The van der Waals surface area contributed by atoms with Crippen LogP contribution < -0.4 is 5.14 Å². The van der Waals surface area contributed by atoms with Crippen LogP contribution in [0.1, 0.15) is 10.5 Å². The highest BCUT2D eigenvalue weighted by Gasteiger charge is 2.27. The van der Waals surface area contributed by atoms with E-state index in [-0.39, 0.29) is 19.0 Å². The molecule has 0 unspecified atom stereocenters. The average Bonchev–Trinajstić information content (AvgIpc) is 2.80. The SMILES string of the molecule is NS(=O)(=O)N1CCN(C(=O)c2ccn[nH]2)CC1. The highest BCUT2D eigenvalue weighted by molar-refractivity contribution is 7.86. The van der Waals surface area contributed by atoms with Crippen molar-refractivity contribution in [2.24, 2.45) is 5.14 Å². The molecule has 1 aromatic heterocycles. The fourth-order valence-corrected chi connectivity index (χ4v) is 2.36. The minimum atomic E-state index is -3.65. The van der Waals surface area contributed by atoms with Gasteiger partial charge in [0, 0.05) is 32.4 Å². The Hall–Kier alpha value is -1.45. The zero-order chi connectivity index (χ0) is 12.5. The number of amides is 1. The van der Waals surface area contributed by atoms with E-state index in [0.29, 0.717) is 18.8 Å². The Kier molecular flexibility index (Phi) is 3.13. The van der Waals surface area contributed by atoms with Crippen LogP contribution in [0.3, 0.4) is 0 Å². The van der Waals surface area contributed by atoms with Gasteiger partial charge < -0.3 is 4.90 Å². The number of carbonyl (C=O) groups is 1. The first-order chi connectivity index (χ1) is 7.98. The molecule has 0 atom stereocenters. The van der Waals surface area contributed by atoms with Crippen molar-refractivity contribution >= 4 is 16.1 Å². The van der Waals surface area contributed by atoms with Gasteiger partial charge in [0.15, 0.2) is 0 Å². The van der Waals surface area contributed by atoms with E-state index < -0.39 is 10.2 Å². The Morgan fingerprint density at radius 2 is 2.00 bits per heavy atom. The van der Waals surface area contributed by atoms with Crippen LogP contribution in [0.5, 0.6) is 0 Å². The average molecular weight is 259 g/mol. The summed E-state index contributed by atoms with van der Waals surface area (Å²) in [5.74, 6) is -0.184. The van der Waals surface area contributed by atoms with Crippen molar-refractivity contribution in [1.82, 2.24) is 19.4 Å². The van der Waals surface area contributed by atoms with Gasteiger partial charge in [0.05, 0.1) is 0 Å². The normalized spacial score (nSPS) is 18.3. The van der Waals surface area contributed by atoms with E-state index in [0.717, 1.165) is 4.31 Å². The first-order valence-corrected chi connectivity index (χ1v) is 6.55. The molecule has 0 saturated carbocycles. The third-order valence-electron chi connectivity index (χ3n) is 2.62. The van der Waals surface area contributed by atoms with Crippen molar-refractivity contribution in [2.45, 2.75) is 0 Å². The number of aromatic nitrogens is 2. The first kappa shape index (κ1) is 12.0. The molecule has 0 aromatic carbocycles. The van der Waals surface area contributed by atoms with E-state index in [1.165, 1.54) is 6.20 Å². The number of hydrogen-bond donors (Lipinski definition) is 2. The number of aromatic amines is 1. The number of nitrogens with zero attached hydrogens (tertiary/aromatic N) is 3. The minimum Gasteiger partial charge on any atom is -0.335 e. The fraction of sp³-hybridized carbons (Fsp3) is 0.500. The van der Waals surface area contributed by atoms with Gasteiger partial charge in [0.25, 0.3) is 16.1 Å². The second-order valence-corrected chi connectivity index (χ2v) is 5.25. The molecule has 2 rings (SSSR count). The maximum absolute atomic E-state index is 11.9. The second kappa shape index (κ2) is 4.43. The van der Waals surface area contributed by atoms with Gasteiger partial charge in [-0.2, -0.15) is 17.8 Å². The van der Waals surface area contributed by atoms with Crippen LogP contribution in [0, 0.1) is 0 Å². The van der Waals surface area contributed by atoms with Gasteiger partial charge >= 0.3 is 0 Å². The number of nitrogens with one attached hydrogen (secondary N) is 1. The van der Waals surface area contributed by atoms with Gasteiger partial charge in [0.1, 0.15) is 5.69 Å². The van der Waals surface area contributed by atoms with E-state index in [2.05, 4.69) is 10.2 Å². The lowest BCUT2D eigenvalue weighted by Gasteiger charge is -2.32. The summed E-state index contributed by atoms with van der Waals surface area (Å²) in [7, 11) is -3.65. The predicted molar refractivity (Wildman–Crippen MR) is 59.2 cm³/mol. The highest BCUT2D eigenvalue weighted by Crippen LogP contribution is 2.07. The molecule has 2 heterocycles. The van der Waals surface area contributed by atoms with Crippen molar-refractivity contribution in [3.8, 4) is 0 Å². The molecule has 17 heavy (non-hydrogen) atoms. The van der Waals surface area contributed by atoms with Crippen LogP contribution in [0.2, 0.25) is 0 Å². The zero-order valence-corrected chi connectivity index (χ0v) is 9.85. The summed E-state index contributed by atoms with van der Waals surface area (Å²) in [4.78, 5) is 13.4. The topological polar surface area (TPSA) is 112 Å². The summed E-state index contributed by atoms with van der Waals surface area (Å²) in [6.07, 6.45) is 1.49. The van der Waals surface area contributed by atoms with Gasteiger partial charge in [-0.25, -0.2) is 5.14 Å². The lowest BCUT2D eigenvalue weighted by atomic mass is 10.3. The largest absolute Gasteiger partial charge is 0.335 e. The van der Waals surface area contributed by atoms with Crippen LogP contribution in [0.15, 0.2) is 12.3 Å². The van der Waals surface area contributed by atoms with Gasteiger partial charge in [-0.05, 0) is 6.07 Å². The van der Waals surface area contributed by atoms with Crippen molar-refractivity contribution in [1.29, 1.82) is 0 Å². The molecule has 3 N–H and O–H groups in total. The smallest absolute Gasteiger partial charge is 0.277 e. The van der Waals surface area contributed by atoms with Gasteiger partial charge in [-0.1, -0.05) is 0 Å². The summed E-state index contributed by atoms with van der Waals surface area (Å²) < 4.78 is 23.3. The molecule has 8 nitrogen and oxygen atoms in total. The van der Waals surface area contributed by atoms with Crippen molar-refractivity contribution in [2.75, 3.05) is 26.2 Å². The monoisotopic (exact) mass is 259 g/mol. The Bertz CT molecular complexity index is 489. The third-order valence-corrected chi connectivity index (χ3v) is 3.70. The molecule has 1 saturated heterocycles. The standard InChI is InChI=1S/C8H13N5O3S/c9-17(15,16)13-5-3-12(4-6-13)8(14)7-1-2-10-11-7/h1-2H,3-6H2,(H,10,11)(H2,9,15,16).